The predicted octanol–water partition coefficient (Wildman–Crippen LogP) is 2.87. The van der Waals surface area contributed by atoms with Crippen LogP contribution in [0.5, 0.6) is 0 Å². The van der Waals surface area contributed by atoms with Crippen molar-refractivity contribution >= 4 is 41.3 Å². The van der Waals surface area contributed by atoms with Gasteiger partial charge in [-0.2, -0.15) is 4.98 Å². The van der Waals surface area contributed by atoms with Crippen molar-refractivity contribution in [3.05, 3.63) is 34.1 Å². The zero-order chi connectivity index (χ0) is 14.4. The molecule has 0 saturated carbocycles. The second kappa shape index (κ2) is 8.98. The van der Waals surface area contributed by atoms with E-state index in [9.17, 15) is 0 Å². The number of aromatic nitrogens is 2. The van der Waals surface area contributed by atoms with E-state index in [1.807, 2.05) is 13.0 Å². The van der Waals surface area contributed by atoms with Crippen LogP contribution >= 0.6 is 35.3 Å². The van der Waals surface area contributed by atoms with Gasteiger partial charge in [0.05, 0.1) is 6.04 Å². The summed E-state index contributed by atoms with van der Waals surface area (Å²) < 4.78 is 4.93. The van der Waals surface area contributed by atoms with Crippen molar-refractivity contribution in [2.45, 2.75) is 33.4 Å². The fourth-order valence-electron chi connectivity index (χ4n) is 1.69. The van der Waals surface area contributed by atoms with Gasteiger partial charge in [-0.25, -0.2) is 4.99 Å². The van der Waals surface area contributed by atoms with Crippen LogP contribution in [0.25, 0.3) is 0 Å². The lowest BCUT2D eigenvalue weighted by Crippen LogP contribution is -2.38. The smallest absolute Gasteiger partial charge is 0.223 e. The molecule has 0 aliphatic rings. The van der Waals surface area contributed by atoms with Gasteiger partial charge in [-0.3, -0.25) is 0 Å². The van der Waals surface area contributed by atoms with Gasteiger partial charge in [-0.05, 0) is 25.3 Å². The van der Waals surface area contributed by atoms with Crippen molar-refractivity contribution in [3.63, 3.8) is 0 Å². The van der Waals surface area contributed by atoms with Gasteiger partial charge in [0.25, 0.3) is 0 Å². The molecule has 1 atom stereocenters. The van der Waals surface area contributed by atoms with Gasteiger partial charge in [0.15, 0.2) is 11.8 Å². The van der Waals surface area contributed by atoms with Crippen LogP contribution in [0.3, 0.4) is 0 Å². The SMILES string of the molecule is CCNC(=NCc1noc(C)n1)NC(C)c1cccs1.I. The number of hydrogen-bond acceptors (Lipinski definition) is 5. The number of rotatable bonds is 5. The summed E-state index contributed by atoms with van der Waals surface area (Å²) in [5.41, 5.74) is 0. The van der Waals surface area contributed by atoms with Gasteiger partial charge >= 0.3 is 0 Å². The first kappa shape index (κ1) is 17.9. The maximum absolute atomic E-state index is 4.93. The van der Waals surface area contributed by atoms with Gasteiger partial charge in [-0.15, -0.1) is 35.3 Å². The minimum absolute atomic E-state index is 0. The number of hydrogen-bond donors (Lipinski definition) is 2. The number of thiophene rings is 1. The van der Waals surface area contributed by atoms with Crippen LogP contribution in [0.4, 0.5) is 0 Å². The molecule has 2 N–H and O–H groups in total. The normalized spacial score (nSPS) is 12.6. The highest BCUT2D eigenvalue weighted by molar-refractivity contribution is 14.0. The molecule has 8 heteroatoms. The van der Waals surface area contributed by atoms with E-state index in [0.717, 1.165) is 12.5 Å². The van der Waals surface area contributed by atoms with Gasteiger partial charge < -0.3 is 15.2 Å². The molecule has 0 spiro atoms. The summed E-state index contributed by atoms with van der Waals surface area (Å²) >= 11 is 1.72. The standard InChI is InChI=1S/C13H19N5OS.HI/c1-4-14-13(15-8-12-17-10(3)19-18-12)16-9(2)11-6-5-7-20-11;/h5-7,9H,4,8H2,1-3H3,(H2,14,15,16);1H. The van der Waals surface area contributed by atoms with E-state index in [0.29, 0.717) is 18.3 Å². The lowest BCUT2D eigenvalue weighted by atomic mass is 10.3. The number of aryl methyl sites for hydroxylation is 1. The molecule has 0 fully saturated rings. The summed E-state index contributed by atoms with van der Waals surface area (Å²) in [4.78, 5) is 9.86. The molecule has 2 heterocycles. The average Bonchev–Trinajstić information content (AvgIpc) is 3.07. The van der Waals surface area contributed by atoms with Crippen LogP contribution < -0.4 is 10.6 Å². The Morgan fingerprint density at radius 1 is 1.52 bits per heavy atom. The molecule has 21 heavy (non-hydrogen) atoms. The maximum atomic E-state index is 4.93. The molecule has 6 nitrogen and oxygen atoms in total. The minimum atomic E-state index is 0. The van der Waals surface area contributed by atoms with Crippen molar-refractivity contribution in [3.8, 4) is 0 Å². The van der Waals surface area contributed by atoms with Gasteiger partial charge in [0.2, 0.25) is 5.89 Å². The molecular weight excluding hydrogens is 401 g/mol. The monoisotopic (exact) mass is 421 g/mol. The van der Waals surface area contributed by atoms with Gasteiger partial charge in [0.1, 0.15) is 6.54 Å². The van der Waals surface area contributed by atoms with E-state index >= 15 is 0 Å². The topological polar surface area (TPSA) is 75.3 Å². The van der Waals surface area contributed by atoms with Crippen LogP contribution in [0.15, 0.2) is 27.0 Å². The summed E-state index contributed by atoms with van der Waals surface area (Å²) in [6, 6.07) is 4.36. The molecule has 2 aromatic rings. The Morgan fingerprint density at radius 3 is 2.90 bits per heavy atom. The maximum Gasteiger partial charge on any atom is 0.223 e. The Kier molecular flexibility index (Phi) is 7.65. The Labute approximate surface area is 145 Å². The number of aliphatic imine (C=N–C) groups is 1. The van der Waals surface area contributed by atoms with Crippen molar-refractivity contribution in [2.75, 3.05) is 6.54 Å². The highest BCUT2D eigenvalue weighted by Crippen LogP contribution is 2.17. The molecule has 0 amide bonds. The summed E-state index contributed by atoms with van der Waals surface area (Å²) in [6.07, 6.45) is 0. The van der Waals surface area contributed by atoms with Crippen LogP contribution in [-0.2, 0) is 6.54 Å². The van der Waals surface area contributed by atoms with Crippen molar-refractivity contribution in [1.29, 1.82) is 0 Å². The molecule has 1 unspecified atom stereocenters. The summed E-state index contributed by atoms with van der Waals surface area (Å²) in [5.74, 6) is 1.89. The molecule has 0 aliphatic heterocycles. The van der Waals surface area contributed by atoms with Gasteiger partial charge in [0, 0.05) is 18.3 Å². The Balaban J connectivity index is 0.00000220. The Hall–Kier alpha value is -1.16. The quantitative estimate of drug-likeness (QED) is 0.441. The molecule has 116 valence electrons. The number of halogens is 1. The van der Waals surface area contributed by atoms with Crippen LogP contribution in [0.2, 0.25) is 0 Å². The molecule has 2 aromatic heterocycles. The van der Waals surface area contributed by atoms with E-state index in [1.54, 1.807) is 18.3 Å². The first-order valence-electron chi connectivity index (χ1n) is 6.56. The van der Waals surface area contributed by atoms with E-state index in [-0.39, 0.29) is 30.0 Å². The molecule has 0 aliphatic carbocycles. The number of nitrogens with zero attached hydrogens (tertiary/aromatic N) is 3. The second-order valence-electron chi connectivity index (χ2n) is 4.31. The third-order valence-electron chi connectivity index (χ3n) is 2.62. The van der Waals surface area contributed by atoms with Gasteiger partial charge in [-0.1, -0.05) is 11.2 Å². The number of nitrogens with one attached hydrogen (secondary N) is 2. The van der Waals surface area contributed by atoms with Crippen molar-refractivity contribution in [1.82, 2.24) is 20.8 Å². The van der Waals surface area contributed by atoms with E-state index < -0.39 is 0 Å². The third kappa shape index (κ3) is 5.62. The highest BCUT2D eigenvalue weighted by atomic mass is 127. The van der Waals surface area contributed by atoms with E-state index in [2.05, 4.69) is 44.1 Å². The molecule has 0 radical (unpaired) electrons. The van der Waals surface area contributed by atoms with E-state index in [4.69, 9.17) is 4.52 Å². The Morgan fingerprint density at radius 2 is 2.33 bits per heavy atom. The fourth-order valence-corrected chi connectivity index (χ4v) is 2.42. The summed E-state index contributed by atoms with van der Waals surface area (Å²) in [5, 5.41) is 12.5. The molecule has 0 saturated heterocycles. The van der Waals surface area contributed by atoms with Crippen LogP contribution in [0.1, 0.15) is 36.5 Å². The first-order valence-corrected chi connectivity index (χ1v) is 7.44. The lowest BCUT2D eigenvalue weighted by molar-refractivity contribution is 0.387. The average molecular weight is 421 g/mol. The first-order chi connectivity index (χ1) is 9.69. The molecule has 2 rings (SSSR count). The molecule has 0 bridgehead atoms. The highest BCUT2D eigenvalue weighted by Gasteiger charge is 2.09. The Bertz CT molecular complexity index is 555. The summed E-state index contributed by atoms with van der Waals surface area (Å²) in [6.45, 7) is 7.10. The predicted molar refractivity (Wildman–Crippen MR) is 95.1 cm³/mol. The fraction of sp³-hybridized carbons (Fsp3) is 0.462. The largest absolute Gasteiger partial charge is 0.357 e. The van der Waals surface area contributed by atoms with Crippen molar-refractivity contribution < 1.29 is 4.52 Å². The second-order valence-corrected chi connectivity index (χ2v) is 5.29. The van der Waals surface area contributed by atoms with Crippen LogP contribution in [0, 0.1) is 6.92 Å². The summed E-state index contributed by atoms with van der Waals surface area (Å²) in [7, 11) is 0. The lowest BCUT2D eigenvalue weighted by Gasteiger charge is -2.16. The molecular formula is C13H20IN5OS. The van der Waals surface area contributed by atoms with Crippen molar-refractivity contribution in [2.24, 2.45) is 4.99 Å². The van der Waals surface area contributed by atoms with Crippen LogP contribution in [-0.4, -0.2) is 22.6 Å². The molecule has 0 aromatic carbocycles. The number of guanidine groups is 1. The minimum Gasteiger partial charge on any atom is -0.357 e. The zero-order valence-electron chi connectivity index (χ0n) is 12.3. The van der Waals surface area contributed by atoms with E-state index in [1.165, 1.54) is 4.88 Å². The third-order valence-corrected chi connectivity index (χ3v) is 3.67. The zero-order valence-corrected chi connectivity index (χ0v) is 15.4.